The number of hydrogen-bond donors (Lipinski definition) is 1. The largest absolute Gasteiger partial charge is 0.493 e. The lowest BCUT2D eigenvalue weighted by molar-refractivity contribution is 0.355. The number of aromatic nitrogens is 1. The van der Waals surface area contributed by atoms with Gasteiger partial charge in [0.2, 0.25) is 0 Å². The summed E-state index contributed by atoms with van der Waals surface area (Å²) in [7, 11) is 3.22. The molecule has 6 heteroatoms. The molecule has 0 unspecified atom stereocenters. The molecule has 1 aromatic heterocycles. The van der Waals surface area contributed by atoms with Crippen molar-refractivity contribution in [3.8, 4) is 17.6 Å². The first-order valence-corrected chi connectivity index (χ1v) is 8.61. The number of nitrogens with two attached hydrogens (primary N) is 1. The Hall–Kier alpha value is -2.52. The van der Waals surface area contributed by atoms with Crippen LogP contribution in [0.5, 0.6) is 11.5 Å². The summed E-state index contributed by atoms with van der Waals surface area (Å²) in [5.74, 6) is 1.96. The summed E-state index contributed by atoms with van der Waals surface area (Å²) in [6, 6.07) is 6.07. The fourth-order valence-corrected chi connectivity index (χ4v) is 3.61. The zero-order valence-corrected chi connectivity index (χ0v) is 14.8. The number of hydrogen-bond acceptors (Lipinski definition) is 6. The van der Waals surface area contributed by atoms with E-state index in [9.17, 15) is 5.26 Å². The van der Waals surface area contributed by atoms with E-state index in [0.717, 1.165) is 55.5 Å². The van der Waals surface area contributed by atoms with E-state index in [1.165, 1.54) is 0 Å². The fraction of sp³-hybridized carbons (Fsp3) is 0.474. The second kappa shape index (κ2) is 7.58. The molecule has 2 N–H and O–H groups in total. The molecule has 0 amide bonds. The van der Waals surface area contributed by atoms with Crippen LogP contribution >= 0.6 is 0 Å². The van der Waals surface area contributed by atoms with Crippen LogP contribution in [0, 0.1) is 17.2 Å². The van der Waals surface area contributed by atoms with Crippen LogP contribution in [0.3, 0.4) is 0 Å². The van der Waals surface area contributed by atoms with Crippen LogP contribution in [0.25, 0.3) is 10.9 Å². The van der Waals surface area contributed by atoms with Gasteiger partial charge in [0.25, 0.3) is 0 Å². The maximum Gasteiger partial charge on any atom is 0.162 e. The Kier molecular flexibility index (Phi) is 5.25. The highest BCUT2D eigenvalue weighted by atomic mass is 16.5. The molecule has 2 aromatic rings. The molecule has 0 atom stereocenters. The Balaban J connectivity index is 2.05. The van der Waals surface area contributed by atoms with Gasteiger partial charge in [-0.1, -0.05) is 0 Å². The molecular formula is C19H24N4O2. The standard InChI is InChI=1S/C19H24N4O2/c1-24-17-9-15-16(10-18(17)25-2)22-12-14(11-21)19(15)23-7-4-13(3-6-20)5-8-23/h9-10,12-13H,3-8,20H2,1-2H3. The number of rotatable bonds is 5. The average molecular weight is 340 g/mol. The highest BCUT2D eigenvalue weighted by Crippen LogP contribution is 2.38. The normalized spacial score (nSPS) is 15.2. The molecule has 132 valence electrons. The molecule has 0 bridgehead atoms. The number of benzene rings is 1. The number of ether oxygens (including phenoxy) is 2. The third-order valence-corrected chi connectivity index (χ3v) is 4.97. The number of nitrogens with zero attached hydrogens (tertiary/aromatic N) is 3. The van der Waals surface area contributed by atoms with Gasteiger partial charge in [-0.15, -0.1) is 0 Å². The van der Waals surface area contributed by atoms with Gasteiger partial charge in [-0.3, -0.25) is 4.98 Å². The van der Waals surface area contributed by atoms with Gasteiger partial charge in [-0.05, 0) is 37.8 Å². The van der Waals surface area contributed by atoms with Crippen LogP contribution in [0.15, 0.2) is 18.3 Å². The van der Waals surface area contributed by atoms with Crippen molar-refractivity contribution in [1.29, 1.82) is 5.26 Å². The summed E-state index contributed by atoms with van der Waals surface area (Å²) in [5.41, 5.74) is 8.03. The second-order valence-electron chi connectivity index (χ2n) is 6.36. The average Bonchev–Trinajstić information content (AvgIpc) is 2.66. The fourth-order valence-electron chi connectivity index (χ4n) is 3.61. The van der Waals surface area contributed by atoms with Gasteiger partial charge in [0, 0.05) is 30.7 Å². The molecule has 25 heavy (non-hydrogen) atoms. The van der Waals surface area contributed by atoms with Crippen LogP contribution in [-0.4, -0.2) is 38.8 Å². The second-order valence-corrected chi connectivity index (χ2v) is 6.36. The zero-order chi connectivity index (χ0) is 17.8. The molecule has 1 aromatic carbocycles. The van der Waals surface area contributed by atoms with Crippen molar-refractivity contribution in [2.45, 2.75) is 19.3 Å². The predicted octanol–water partition coefficient (Wildman–Crippen LogP) is 2.69. The van der Waals surface area contributed by atoms with Crippen molar-refractivity contribution in [3.63, 3.8) is 0 Å². The molecule has 1 fully saturated rings. The summed E-state index contributed by atoms with van der Waals surface area (Å²) in [5, 5.41) is 10.5. The molecule has 0 saturated carbocycles. The summed E-state index contributed by atoms with van der Waals surface area (Å²) < 4.78 is 10.8. The van der Waals surface area contributed by atoms with E-state index in [1.54, 1.807) is 20.4 Å². The lowest BCUT2D eigenvalue weighted by Crippen LogP contribution is -2.35. The van der Waals surface area contributed by atoms with Crippen molar-refractivity contribution >= 4 is 16.6 Å². The van der Waals surface area contributed by atoms with E-state index in [2.05, 4.69) is 16.0 Å². The molecule has 1 saturated heterocycles. The molecule has 0 radical (unpaired) electrons. The van der Waals surface area contributed by atoms with Crippen LogP contribution in [0.2, 0.25) is 0 Å². The number of nitriles is 1. The number of piperidine rings is 1. The van der Waals surface area contributed by atoms with Gasteiger partial charge in [0.1, 0.15) is 6.07 Å². The highest BCUT2D eigenvalue weighted by molar-refractivity contribution is 5.96. The molecule has 0 aliphatic carbocycles. The smallest absolute Gasteiger partial charge is 0.162 e. The summed E-state index contributed by atoms with van der Waals surface area (Å²) >= 11 is 0. The Morgan fingerprint density at radius 2 is 1.92 bits per heavy atom. The minimum absolute atomic E-state index is 0.594. The van der Waals surface area contributed by atoms with Crippen molar-refractivity contribution in [1.82, 2.24) is 4.98 Å². The minimum Gasteiger partial charge on any atom is -0.493 e. The summed E-state index contributed by atoms with van der Waals surface area (Å²) in [6.45, 7) is 2.59. The van der Waals surface area contributed by atoms with Gasteiger partial charge < -0.3 is 20.1 Å². The van der Waals surface area contributed by atoms with E-state index in [-0.39, 0.29) is 0 Å². The van der Waals surface area contributed by atoms with Crippen LogP contribution < -0.4 is 20.1 Å². The first-order valence-electron chi connectivity index (χ1n) is 8.61. The maximum atomic E-state index is 9.58. The van der Waals surface area contributed by atoms with Gasteiger partial charge in [0.15, 0.2) is 11.5 Å². The predicted molar refractivity (Wildman–Crippen MR) is 98.2 cm³/mol. The highest BCUT2D eigenvalue weighted by Gasteiger charge is 2.23. The van der Waals surface area contributed by atoms with Crippen molar-refractivity contribution in [3.05, 3.63) is 23.9 Å². The topological polar surface area (TPSA) is 84.4 Å². The quantitative estimate of drug-likeness (QED) is 0.901. The first-order chi connectivity index (χ1) is 12.2. The third kappa shape index (κ3) is 3.33. The SMILES string of the molecule is COc1cc2ncc(C#N)c(N3CCC(CCN)CC3)c2cc1OC. The van der Waals surface area contributed by atoms with Crippen LogP contribution in [0.1, 0.15) is 24.8 Å². The number of methoxy groups -OCH3 is 2. The van der Waals surface area contributed by atoms with Crippen LogP contribution in [0.4, 0.5) is 5.69 Å². The van der Waals surface area contributed by atoms with Crippen LogP contribution in [-0.2, 0) is 0 Å². The van der Waals surface area contributed by atoms with E-state index < -0.39 is 0 Å². The minimum atomic E-state index is 0.594. The Morgan fingerprint density at radius 1 is 1.24 bits per heavy atom. The Labute approximate surface area is 148 Å². The van der Waals surface area contributed by atoms with Crippen molar-refractivity contribution < 1.29 is 9.47 Å². The lowest BCUT2D eigenvalue weighted by atomic mass is 9.92. The van der Waals surface area contributed by atoms with Gasteiger partial charge >= 0.3 is 0 Å². The summed E-state index contributed by atoms with van der Waals surface area (Å²) in [4.78, 5) is 6.73. The Morgan fingerprint density at radius 3 is 2.52 bits per heavy atom. The number of fused-ring (bicyclic) bond motifs is 1. The Bertz CT molecular complexity index is 792. The zero-order valence-electron chi connectivity index (χ0n) is 14.8. The molecular weight excluding hydrogens is 316 g/mol. The molecule has 1 aliphatic heterocycles. The van der Waals surface area contributed by atoms with E-state index in [1.807, 2.05) is 12.1 Å². The molecule has 6 nitrogen and oxygen atoms in total. The van der Waals surface area contributed by atoms with Crippen molar-refractivity contribution in [2.75, 3.05) is 38.8 Å². The van der Waals surface area contributed by atoms with Crippen molar-refractivity contribution in [2.24, 2.45) is 11.7 Å². The van der Waals surface area contributed by atoms with E-state index >= 15 is 0 Å². The van der Waals surface area contributed by atoms with E-state index in [4.69, 9.17) is 15.2 Å². The monoisotopic (exact) mass is 340 g/mol. The molecule has 2 heterocycles. The summed E-state index contributed by atoms with van der Waals surface area (Å²) in [6.07, 6.45) is 4.91. The molecule has 0 spiro atoms. The molecule has 3 rings (SSSR count). The first kappa shape index (κ1) is 17.3. The number of anilines is 1. The lowest BCUT2D eigenvalue weighted by Gasteiger charge is -2.34. The third-order valence-electron chi connectivity index (χ3n) is 4.97. The van der Waals surface area contributed by atoms with Gasteiger partial charge in [-0.25, -0.2) is 0 Å². The van der Waals surface area contributed by atoms with Gasteiger partial charge in [0.05, 0.1) is 31.0 Å². The maximum absolute atomic E-state index is 9.58. The van der Waals surface area contributed by atoms with E-state index in [0.29, 0.717) is 23.0 Å². The molecule has 1 aliphatic rings. The number of pyridine rings is 1. The van der Waals surface area contributed by atoms with Gasteiger partial charge in [-0.2, -0.15) is 5.26 Å².